The van der Waals surface area contributed by atoms with Crippen molar-refractivity contribution < 1.29 is 14.3 Å². The monoisotopic (exact) mass is 364 g/mol. The van der Waals surface area contributed by atoms with Gasteiger partial charge in [-0.1, -0.05) is 6.07 Å². The Hall–Kier alpha value is -3.61. The Morgan fingerprint density at radius 2 is 1.74 bits per heavy atom. The number of hydrogen-bond donors (Lipinski definition) is 2. The van der Waals surface area contributed by atoms with E-state index in [1.54, 1.807) is 85.7 Å². The van der Waals surface area contributed by atoms with Crippen molar-refractivity contribution in [1.29, 1.82) is 0 Å². The summed E-state index contributed by atoms with van der Waals surface area (Å²) in [7, 11) is 1.57. The Bertz CT molecular complexity index is 921. The predicted molar refractivity (Wildman–Crippen MR) is 103 cm³/mol. The second-order valence-corrected chi connectivity index (χ2v) is 5.91. The highest BCUT2D eigenvalue weighted by molar-refractivity contribution is 6.04. The molecule has 0 fully saturated rings. The molecule has 0 aliphatic rings. The molecule has 2 aromatic carbocycles. The lowest BCUT2D eigenvalue weighted by molar-refractivity contribution is -0.119. The molecule has 1 aromatic heterocycles. The van der Waals surface area contributed by atoms with Crippen LogP contribution in [0.3, 0.4) is 0 Å². The molecule has 1 heterocycles. The van der Waals surface area contributed by atoms with Gasteiger partial charge in [0.2, 0.25) is 5.91 Å². The van der Waals surface area contributed by atoms with Crippen LogP contribution in [0.25, 0.3) is 0 Å². The predicted octanol–water partition coefficient (Wildman–Crippen LogP) is 3.34. The second kappa shape index (κ2) is 8.18. The van der Waals surface area contributed by atoms with Crippen LogP contribution in [0.2, 0.25) is 0 Å². The maximum atomic E-state index is 12.4. The number of aromatic nitrogens is 2. The maximum Gasteiger partial charge on any atom is 0.255 e. The molecule has 138 valence electrons. The molecule has 0 saturated carbocycles. The largest absolute Gasteiger partial charge is 0.497 e. The lowest BCUT2D eigenvalue weighted by Gasteiger charge is -2.13. The highest BCUT2D eigenvalue weighted by Gasteiger charge is 2.15. The van der Waals surface area contributed by atoms with Crippen LogP contribution in [-0.2, 0) is 4.79 Å². The normalized spacial score (nSPS) is 11.5. The summed E-state index contributed by atoms with van der Waals surface area (Å²) < 4.78 is 6.66. The van der Waals surface area contributed by atoms with Gasteiger partial charge in [-0.15, -0.1) is 0 Å². The molecule has 7 nitrogen and oxygen atoms in total. The number of anilines is 2. The van der Waals surface area contributed by atoms with Crippen LogP contribution >= 0.6 is 0 Å². The molecule has 0 radical (unpaired) electrons. The number of amides is 2. The fourth-order valence-corrected chi connectivity index (χ4v) is 2.50. The number of nitrogens with one attached hydrogen (secondary N) is 2. The zero-order valence-electron chi connectivity index (χ0n) is 15.0. The average molecular weight is 364 g/mol. The summed E-state index contributed by atoms with van der Waals surface area (Å²) in [6.07, 6.45) is 3.36. The molecular formula is C20H20N4O3. The van der Waals surface area contributed by atoms with Gasteiger partial charge >= 0.3 is 0 Å². The molecule has 7 heteroatoms. The summed E-state index contributed by atoms with van der Waals surface area (Å²) in [6, 6.07) is 15.1. The number of ether oxygens (including phenoxy) is 1. The molecule has 0 spiro atoms. The SMILES string of the molecule is COc1ccc(C(=O)Nc2cccc(NC(=O)[C@H](C)n3cccn3)c2)cc1. The highest BCUT2D eigenvalue weighted by atomic mass is 16.5. The molecule has 1 atom stereocenters. The summed E-state index contributed by atoms with van der Waals surface area (Å²) in [6.45, 7) is 1.76. The first-order chi connectivity index (χ1) is 13.1. The van der Waals surface area contributed by atoms with E-state index < -0.39 is 6.04 Å². The van der Waals surface area contributed by atoms with Gasteiger partial charge < -0.3 is 15.4 Å². The Balaban J connectivity index is 1.66. The standard InChI is InChI=1S/C20H20N4O3/c1-14(24-12-4-11-21-24)19(25)22-16-5-3-6-17(13-16)23-20(26)15-7-9-18(27-2)10-8-15/h3-14H,1-2H3,(H,22,25)(H,23,26)/t14-/m0/s1. The summed E-state index contributed by atoms with van der Waals surface area (Å²) >= 11 is 0. The molecule has 2 amide bonds. The third-order valence-corrected chi connectivity index (χ3v) is 4.04. The van der Waals surface area contributed by atoms with Gasteiger partial charge in [-0.05, 0) is 55.5 Å². The molecule has 3 rings (SSSR count). The van der Waals surface area contributed by atoms with Crippen LogP contribution in [0.15, 0.2) is 67.0 Å². The second-order valence-electron chi connectivity index (χ2n) is 5.91. The summed E-state index contributed by atoms with van der Waals surface area (Å²) in [4.78, 5) is 24.7. The van der Waals surface area contributed by atoms with Crippen molar-refractivity contribution in [3.05, 3.63) is 72.6 Å². The molecule has 0 aliphatic heterocycles. The maximum absolute atomic E-state index is 12.4. The van der Waals surface area contributed by atoms with Gasteiger partial charge in [0, 0.05) is 29.3 Å². The fourth-order valence-electron chi connectivity index (χ4n) is 2.50. The third-order valence-electron chi connectivity index (χ3n) is 4.04. The minimum atomic E-state index is -0.447. The number of nitrogens with zero attached hydrogens (tertiary/aromatic N) is 2. The zero-order chi connectivity index (χ0) is 19.2. The Morgan fingerprint density at radius 1 is 1.04 bits per heavy atom. The van der Waals surface area contributed by atoms with Gasteiger partial charge in [-0.3, -0.25) is 14.3 Å². The lowest BCUT2D eigenvalue weighted by atomic mass is 10.2. The first-order valence-electron chi connectivity index (χ1n) is 8.42. The van der Waals surface area contributed by atoms with E-state index in [0.717, 1.165) is 0 Å². The van der Waals surface area contributed by atoms with Gasteiger partial charge in [0.15, 0.2) is 0 Å². The van der Waals surface area contributed by atoms with E-state index in [9.17, 15) is 9.59 Å². The van der Waals surface area contributed by atoms with Crippen molar-refractivity contribution in [1.82, 2.24) is 9.78 Å². The third kappa shape index (κ3) is 4.52. The van der Waals surface area contributed by atoms with E-state index in [0.29, 0.717) is 22.7 Å². The van der Waals surface area contributed by atoms with E-state index in [2.05, 4.69) is 15.7 Å². The number of rotatable bonds is 6. The lowest BCUT2D eigenvalue weighted by Crippen LogP contribution is -2.24. The smallest absolute Gasteiger partial charge is 0.255 e. The van der Waals surface area contributed by atoms with Gasteiger partial charge in [0.05, 0.1) is 7.11 Å². The summed E-state index contributed by atoms with van der Waals surface area (Å²) in [5.74, 6) is 0.242. The van der Waals surface area contributed by atoms with Crippen LogP contribution in [0, 0.1) is 0 Å². The number of benzene rings is 2. The summed E-state index contributed by atoms with van der Waals surface area (Å²) in [5, 5.41) is 9.72. The van der Waals surface area contributed by atoms with Gasteiger partial charge in [0.1, 0.15) is 11.8 Å². The Morgan fingerprint density at radius 3 is 2.37 bits per heavy atom. The Labute approximate surface area is 157 Å². The number of carbonyl (C=O) groups is 2. The summed E-state index contributed by atoms with van der Waals surface area (Å²) in [5.41, 5.74) is 1.68. The number of carbonyl (C=O) groups excluding carboxylic acids is 2. The zero-order valence-corrected chi connectivity index (χ0v) is 15.0. The van der Waals surface area contributed by atoms with E-state index in [1.807, 2.05) is 0 Å². The van der Waals surface area contributed by atoms with Crippen molar-refractivity contribution in [3.8, 4) is 5.75 Å². The van der Waals surface area contributed by atoms with E-state index >= 15 is 0 Å². The van der Waals surface area contributed by atoms with Gasteiger partial charge in [0.25, 0.3) is 5.91 Å². The quantitative estimate of drug-likeness (QED) is 0.702. The van der Waals surface area contributed by atoms with Crippen molar-refractivity contribution in [2.75, 3.05) is 17.7 Å². The minimum absolute atomic E-state index is 0.197. The first kappa shape index (κ1) is 18.2. The molecule has 0 saturated heterocycles. The van der Waals surface area contributed by atoms with Crippen LogP contribution < -0.4 is 15.4 Å². The van der Waals surface area contributed by atoms with Crippen LogP contribution in [0.4, 0.5) is 11.4 Å². The molecule has 0 bridgehead atoms. The molecule has 2 N–H and O–H groups in total. The van der Waals surface area contributed by atoms with Gasteiger partial charge in [-0.2, -0.15) is 5.10 Å². The highest BCUT2D eigenvalue weighted by Crippen LogP contribution is 2.18. The first-order valence-corrected chi connectivity index (χ1v) is 8.42. The molecule has 27 heavy (non-hydrogen) atoms. The number of methoxy groups -OCH3 is 1. The van der Waals surface area contributed by atoms with Crippen molar-refractivity contribution >= 4 is 23.2 Å². The molecule has 3 aromatic rings. The van der Waals surface area contributed by atoms with Gasteiger partial charge in [-0.25, -0.2) is 0 Å². The van der Waals surface area contributed by atoms with E-state index in [-0.39, 0.29) is 11.8 Å². The molecule has 0 unspecified atom stereocenters. The van der Waals surface area contributed by atoms with Crippen LogP contribution in [0.1, 0.15) is 23.3 Å². The van der Waals surface area contributed by atoms with E-state index in [4.69, 9.17) is 4.74 Å². The Kier molecular flexibility index (Phi) is 5.51. The van der Waals surface area contributed by atoms with Crippen LogP contribution in [0.5, 0.6) is 5.75 Å². The van der Waals surface area contributed by atoms with Crippen LogP contribution in [-0.4, -0.2) is 28.7 Å². The van der Waals surface area contributed by atoms with Crippen molar-refractivity contribution in [3.63, 3.8) is 0 Å². The molecular weight excluding hydrogens is 344 g/mol. The minimum Gasteiger partial charge on any atom is -0.497 e. The van der Waals surface area contributed by atoms with Crippen molar-refractivity contribution in [2.45, 2.75) is 13.0 Å². The fraction of sp³-hybridized carbons (Fsp3) is 0.150. The average Bonchev–Trinajstić information content (AvgIpc) is 3.22. The number of hydrogen-bond acceptors (Lipinski definition) is 4. The van der Waals surface area contributed by atoms with E-state index in [1.165, 1.54) is 0 Å². The van der Waals surface area contributed by atoms with Crippen molar-refractivity contribution in [2.24, 2.45) is 0 Å². The topological polar surface area (TPSA) is 85.3 Å². The molecule has 0 aliphatic carbocycles.